The molecular formula is C20H27N5OS. The van der Waals surface area contributed by atoms with Crippen molar-refractivity contribution >= 4 is 17.4 Å². The fourth-order valence-electron chi connectivity index (χ4n) is 4.54. The van der Waals surface area contributed by atoms with Gasteiger partial charge in [0.1, 0.15) is 0 Å². The van der Waals surface area contributed by atoms with Crippen LogP contribution in [0.3, 0.4) is 0 Å². The number of hydrogen-bond acceptors (Lipinski definition) is 4. The molecule has 5 rings (SSSR count). The van der Waals surface area contributed by atoms with Crippen LogP contribution in [0.25, 0.3) is 0 Å². The predicted octanol–water partition coefficient (Wildman–Crippen LogP) is 2.92. The molecule has 0 radical (unpaired) electrons. The standard InChI is InChI=1S/C20H27N5OS/c26-20(23-6-1-2-7-23)24-8-3-9-25-18(15-24)12-17(21-25)14-22-10-4-19-16(13-22)5-11-27-19/h5,11-12H,1-4,6-10,13-15H2. The van der Waals surface area contributed by atoms with Gasteiger partial charge in [0.15, 0.2) is 0 Å². The Morgan fingerprint density at radius 3 is 2.78 bits per heavy atom. The van der Waals surface area contributed by atoms with Gasteiger partial charge in [-0.2, -0.15) is 5.10 Å². The van der Waals surface area contributed by atoms with Crippen molar-refractivity contribution in [1.29, 1.82) is 0 Å². The van der Waals surface area contributed by atoms with Crippen molar-refractivity contribution in [2.75, 3.05) is 26.2 Å². The number of likely N-dealkylation sites (tertiary alicyclic amines) is 1. The zero-order valence-electron chi connectivity index (χ0n) is 15.8. The molecule has 3 aliphatic heterocycles. The van der Waals surface area contributed by atoms with Crippen molar-refractivity contribution in [2.24, 2.45) is 0 Å². The molecule has 2 aromatic heterocycles. The van der Waals surface area contributed by atoms with E-state index in [2.05, 4.69) is 27.1 Å². The van der Waals surface area contributed by atoms with E-state index >= 15 is 0 Å². The molecule has 0 spiro atoms. The second-order valence-electron chi connectivity index (χ2n) is 7.93. The highest BCUT2D eigenvalue weighted by Gasteiger charge is 2.27. The van der Waals surface area contributed by atoms with Gasteiger partial charge in [0.25, 0.3) is 0 Å². The van der Waals surface area contributed by atoms with Crippen LogP contribution >= 0.6 is 11.3 Å². The Kier molecular flexibility index (Phi) is 4.65. The average molecular weight is 386 g/mol. The van der Waals surface area contributed by atoms with Gasteiger partial charge in [-0.1, -0.05) is 0 Å². The molecule has 0 aromatic carbocycles. The van der Waals surface area contributed by atoms with E-state index < -0.39 is 0 Å². The highest BCUT2D eigenvalue weighted by atomic mass is 32.1. The van der Waals surface area contributed by atoms with Gasteiger partial charge in [0, 0.05) is 50.7 Å². The molecule has 0 saturated carbocycles. The van der Waals surface area contributed by atoms with Crippen molar-refractivity contribution in [3.63, 3.8) is 0 Å². The van der Waals surface area contributed by atoms with Crippen molar-refractivity contribution in [3.05, 3.63) is 39.3 Å². The van der Waals surface area contributed by atoms with Crippen LogP contribution in [0.5, 0.6) is 0 Å². The Hall–Kier alpha value is -1.86. The lowest BCUT2D eigenvalue weighted by Gasteiger charge is -2.26. The highest BCUT2D eigenvalue weighted by molar-refractivity contribution is 7.10. The third-order valence-electron chi connectivity index (χ3n) is 5.98. The number of urea groups is 1. The van der Waals surface area contributed by atoms with E-state index in [1.807, 2.05) is 21.1 Å². The molecule has 7 heteroatoms. The number of nitrogens with zero attached hydrogens (tertiary/aromatic N) is 5. The minimum Gasteiger partial charge on any atom is -0.325 e. The topological polar surface area (TPSA) is 44.6 Å². The second-order valence-corrected chi connectivity index (χ2v) is 8.93. The highest BCUT2D eigenvalue weighted by Crippen LogP contribution is 2.25. The van der Waals surface area contributed by atoms with Gasteiger partial charge in [-0.25, -0.2) is 4.79 Å². The summed E-state index contributed by atoms with van der Waals surface area (Å²) in [6.45, 7) is 7.30. The summed E-state index contributed by atoms with van der Waals surface area (Å²) in [5.74, 6) is 0. The van der Waals surface area contributed by atoms with Gasteiger partial charge in [0.2, 0.25) is 0 Å². The quantitative estimate of drug-likeness (QED) is 0.798. The Balaban J connectivity index is 1.27. The molecule has 6 nitrogen and oxygen atoms in total. The summed E-state index contributed by atoms with van der Waals surface area (Å²) in [6.07, 6.45) is 4.42. The monoisotopic (exact) mass is 385 g/mol. The van der Waals surface area contributed by atoms with Crippen LogP contribution in [0.15, 0.2) is 17.5 Å². The van der Waals surface area contributed by atoms with Crippen LogP contribution in [-0.2, 0) is 32.6 Å². The largest absolute Gasteiger partial charge is 0.325 e. The minimum atomic E-state index is 0.213. The summed E-state index contributed by atoms with van der Waals surface area (Å²) in [6, 6.07) is 4.69. The molecule has 1 fully saturated rings. The maximum absolute atomic E-state index is 12.8. The number of carbonyl (C=O) groups excluding carboxylic acids is 1. The zero-order valence-corrected chi connectivity index (χ0v) is 16.6. The first-order chi connectivity index (χ1) is 13.3. The summed E-state index contributed by atoms with van der Waals surface area (Å²) in [4.78, 5) is 20.9. The SMILES string of the molecule is O=C(N1CCCC1)N1CCCn2nc(CN3CCc4sccc4C3)cc2C1. The third kappa shape index (κ3) is 3.50. The van der Waals surface area contributed by atoms with E-state index in [0.29, 0.717) is 6.54 Å². The Bertz CT molecular complexity index is 822. The maximum Gasteiger partial charge on any atom is 0.320 e. The summed E-state index contributed by atoms with van der Waals surface area (Å²) < 4.78 is 2.13. The predicted molar refractivity (Wildman–Crippen MR) is 106 cm³/mol. The van der Waals surface area contributed by atoms with Crippen LogP contribution in [-0.4, -0.2) is 56.7 Å². The molecule has 0 unspecified atom stereocenters. The van der Waals surface area contributed by atoms with E-state index in [1.165, 1.54) is 11.3 Å². The summed E-state index contributed by atoms with van der Waals surface area (Å²) in [7, 11) is 0. The lowest BCUT2D eigenvalue weighted by molar-refractivity contribution is 0.160. The van der Waals surface area contributed by atoms with Gasteiger partial charge in [-0.3, -0.25) is 9.58 Å². The van der Waals surface area contributed by atoms with Crippen LogP contribution in [0.2, 0.25) is 0 Å². The van der Waals surface area contributed by atoms with Crippen molar-refractivity contribution < 1.29 is 4.79 Å². The molecule has 3 aliphatic rings. The zero-order chi connectivity index (χ0) is 18.2. The van der Waals surface area contributed by atoms with Crippen LogP contribution in [0, 0.1) is 0 Å². The first-order valence-electron chi connectivity index (χ1n) is 10.1. The fraction of sp³-hybridized carbons (Fsp3) is 0.600. The number of hydrogen-bond donors (Lipinski definition) is 0. The van der Waals surface area contributed by atoms with Crippen molar-refractivity contribution in [1.82, 2.24) is 24.5 Å². The van der Waals surface area contributed by atoms with E-state index in [-0.39, 0.29) is 6.03 Å². The maximum atomic E-state index is 12.8. The molecule has 2 amide bonds. The van der Waals surface area contributed by atoms with Gasteiger partial charge in [-0.15, -0.1) is 11.3 Å². The third-order valence-corrected chi connectivity index (χ3v) is 7.01. The molecule has 0 aliphatic carbocycles. The number of rotatable bonds is 2. The molecule has 5 heterocycles. The lowest BCUT2D eigenvalue weighted by Crippen LogP contribution is -2.41. The van der Waals surface area contributed by atoms with E-state index in [1.54, 1.807) is 4.88 Å². The lowest BCUT2D eigenvalue weighted by atomic mass is 10.1. The molecule has 2 aromatic rings. The van der Waals surface area contributed by atoms with Gasteiger partial charge < -0.3 is 9.80 Å². The number of aromatic nitrogens is 2. The van der Waals surface area contributed by atoms with E-state index in [4.69, 9.17) is 5.10 Å². The summed E-state index contributed by atoms with van der Waals surface area (Å²) in [5.41, 5.74) is 3.80. The van der Waals surface area contributed by atoms with Crippen LogP contribution in [0.1, 0.15) is 41.1 Å². The minimum absolute atomic E-state index is 0.213. The van der Waals surface area contributed by atoms with Gasteiger partial charge >= 0.3 is 6.03 Å². The molecule has 0 N–H and O–H groups in total. The van der Waals surface area contributed by atoms with Crippen LogP contribution < -0.4 is 0 Å². The Labute approximate surface area is 164 Å². The Morgan fingerprint density at radius 2 is 1.89 bits per heavy atom. The normalized spacial score (nSPS) is 20.4. The van der Waals surface area contributed by atoms with Gasteiger partial charge in [0.05, 0.1) is 17.9 Å². The number of amides is 2. The molecular weight excluding hydrogens is 358 g/mol. The van der Waals surface area contributed by atoms with Crippen molar-refractivity contribution in [3.8, 4) is 0 Å². The first kappa shape index (κ1) is 17.3. The number of aryl methyl sites for hydroxylation is 1. The van der Waals surface area contributed by atoms with E-state index in [9.17, 15) is 4.79 Å². The number of fused-ring (bicyclic) bond motifs is 2. The second kappa shape index (κ2) is 7.28. The van der Waals surface area contributed by atoms with Crippen molar-refractivity contribution in [2.45, 2.75) is 51.9 Å². The van der Waals surface area contributed by atoms with Gasteiger partial charge in [-0.05, 0) is 48.8 Å². The smallest absolute Gasteiger partial charge is 0.320 e. The molecule has 1 saturated heterocycles. The molecule has 0 atom stereocenters. The summed E-state index contributed by atoms with van der Waals surface area (Å²) in [5, 5.41) is 7.07. The van der Waals surface area contributed by atoms with E-state index in [0.717, 1.165) is 77.2 Å². The average Bonchev–Trinajstić information content (AvgIpc) is 3.40. The molecule has 0 bridgehead atoms. The number of thiophene rings is 1. The first-order valence-corrected chi connectivity index (χ1v) is 11.0. The number of carbonyl (C=O) groups is 1. The summed E-state index contributed by atoms with van der Waals surface area (Å²) >= 11 is 1.88. The fourth-order valence-corrected chi connectivity index (χ4v) is 5.43. The molecule has 144 valence electrons. The Morgan fingerprint density at radius 1 is 1.04 bits per heavy atom. The molecule has 27 heavy (non-hydrogen) atoms. The van der Waals surface area contributed by atoms with Crippen LogP contribution in [0.4, 0.5) is 4.79 Å².